The minimum absolute atomic E-state index is 0.0277. The Morgan fingerprint density at radius 1 is 1.39 bits per heavy atom. The predicted octanol–water partition coefficient (Wildman–Crippen LogP) is 1.52. The van der Waals surface area contributed by atoms with E-state index in [1.54, 1.807) is 23.1 Å². The summed E-state index contributed by atoms with van der Waals surface area (Å²) in [5.74, 6) is 0.202. The van der Waals surface area contributed by atoms with Crippen molar-refractivity contribution in [1.82, 2.24) is 4.90 Å². The molecule has 0 saturated carbocycles. The fraction of sp³-hybridized carbons (Fsp3) is 0.500. The fourth-order valence-corrected chi connectivity index (χ4v) is 1.86. The lowest BCUT2D eigenvalue weighted by molar-refractivity contribution is -0.132. The number of amides is 1. The zero-order valence-electron chi connectivity index (χ0n) is 11.1. The van der Waals surface area contributed by atoms with Crippen LogP contribution in [0.2, 0.25) is 0 Å². The zero-order chi connectivity index (χ0) is 13.5. The molecule has 3 N–H and O–H groups in total. The monoisotopic (exact) mass is 250 g/mol. The summed E-state index contributed by atoms with van der Waals surface area (Å²) < 4.78 is 0. The summed E-state index contributed by atoms with van der Waals surface area (Å²) in [5.41, 5.74) is 6.14. The Hall–Kier alpha value is -1.55. The minimum atomic E-state index is 0.0277. The number of phenolic OH excluding ortho intramolecular Hbond substituents is 1. The van der Waals surface area contributed by atoms with E-state index in [0.717, 1.165) is 6.42 Å². The van der Waals surface area contributed by atoms with E-state index in [-0.39, 0.29) is 24.1 Å². The molecule has 0 heterocycles. The van der Waals surface area contributed by atoms with Gasteiger partial charge in [0, 0.05) is 18.2 Å². The summed E-state index contributed by atoms with van der Waals surface area (Å²) in [5, 5.41) is 9.67. The molecule has 4 heteroatoms. The Bertz CT molecular complexity index is 391. The number of nitrogens with two attached hydrogens (primary N) is 1. The fourth-order valence-electron chi connectivity index (χ4n) is 1.86. The van der Waals surface area contributed by atoms with Crippen LogP contribution in [0.3, 0.4) is 0 Å². The van der Waals surface area contributed by atoms with Crippen LogP contribution in [0.25, 0.3) is 0 Å². The van der Waals surface area contributed by atoms with Gasteiger partial charge < -0.3 is 15.7 Å². The van der Waals surface area contributed by atoms with Crippen molar-refractivity contribution in [1.29, 1.82) is 0 Å². The van der Waals surface area contributed by atoms with Crippen LogP contribution in [0, 0.1) is 0 Å². The summed E-state index contributed by atoms with van der Waals surface area (Å²) in [7, 11) is 0. The number of benzene rings is 1. The molecule has 0 fully saturated rings. The smallest absolute Gasteiger partial charge is 0.227 e. The Morgan fingerprint density at radius 2 is 2.06 bits per heavy atom. The van der Waals surface area contributed by atoms with Gasteiger partial charge in [-0.15, -0.1) is 0 Å². The lowest BCUT2D eigenvalue weighted by Crippen LogP contribution is -2.39. The number of carbonyl (C=O) groups excluding carboxylic acids is 1. The van der Waals surface area contributed by atoms with Crippen LogP contribution < -0.4 is 5.73 Å². The highest BCUT2D eigenvalue weighted by atomic mass is 16.3. The first-order valence-electron chi connectivity index (χ1n) is 6.32. The van der Waals surface area contributed by atoms with Crippen molar-refractivity contribution in [3.05, 3.63) is 29.8 Å². The van der Waals surface area contributed by atoms with Crippen LogP contribution in [-0.2, 0) is 11.2 Å². The van der Waals surface area contributed by atoms with Crippen molar-refractivity contribution in [3.63, 3.8) is 0 Å². The largest absolute Gasteiger partial charge is 0.508 e. The lowest BCUT2D eigenvalue weighted by atomic mass is 10.1. The molecular weight excluding hydrogens is 228 g/mol. The van der Waals surface area contributed by atoms with Gasteiger partial charge in [-0.3, -0.25) is 4.79 Å². The molecule has 1 aromatic carbocycles. The number of hydrogen-bond acceptors (Lipinski definition) is 3. The number of para-hydroxylation sites is 1. The van der Waals surface area contributed by atoms with Gasteiger partial charge in [0.1, 0.15) is 5.75 Å². The Balaban J connectivity index is 2.70. The van der Waals surface area contributed by atoms with Crippen LogP contribution in [0.1, 0.15) is 25.8 Å². The molecule has 1 aromatic rings. The molecule has 0 aliphatic rings. The third-order valence-electron chi connectivity index (χ3n) is 2.88. The maximum absolute atomic E-state index is 12.2. The van der Waals surface area contributed by atoms with Crippen LogP contribution >= 0.6 is 0 Å². The summed E-state index contributed by atoms with van der Waals surface area (Å²) in [6.07, 6.45) is 1.03. The third kappa shape index (κ3) is 4.04. The van der Waals surface area contributed by atoms with Crippen molar-refractivity contribution in [2.45, 2.75) is 32.7 Å². The molecule has 0 aromatic heterocycles. The number of carbonyl (C=O) groups is 1. The van der Waals surface area contributed by atoms with Gasteiger partial charge in [0.2, 0.25) is 5.91 Å². The van der Waals surface area contributed by atoms with E-state index in [9.17, 15) is 9.90 Å². The van der Waals surface area contributed by atoms with Crippen molar-refractivity contribution >= 4 is 5.91 Å². The summed E-state index contributed by atoms with van der Waals surface area (Å²) in [6.45, 7) is 5.21. The summed E-state index contributed by atoms with van der Waals surface area (Å²) in [4.78, 5) is 14.0. The van der Waals surface area contributed by atoms with E-state index in [4.69, 9.17) is 5.73 Å². The minimum Gasteiger partial charge on any atom is -0.508 e. The number of nitrogens with zero attached hydrogens (tertiary/aromatic N) is 1. The maximum atomic E-state index is 12.2. The molecular formula is C14H22N2O2. The Labute approximate surface area is 108 Å². The average molecular weight is 250 g/mol. The first-order chi connectivity index (χ1) is 8.56. The Morgan fingerprint density at radius 3 is 2.61 bits per heavy atom. The van der Waals surface area contributed by atoms with Crippen molar-refractivity contribution in [2.24, 2.45) is 5.73 Å². The molecule has 0 spiro atoms. The molecule has 0 aliphatic carbocycles. The van der Waals surface area contributed by atoms with E-state index < -0.39 is 0 Å². The van der Waals surface area contributed by atoms with Crippen molar-refractivity contribution < 1.29 is 9.90 Å². The van der Waals surface area contributed by atoms with Gasteiger partial charge in [-0.1, -0.05) is 18.2 Å². The highest BCUT2D eigenvalue weighted by molar-refractivity contribution is 5.79. The molecule has 1 amide bonds. The maximum Gasteiger partial charge on any atom is 0.227 e. The van der Waals surface area contributed by atoms with E-state index in [2.05, 4.69) is 0 Å². The second-order valence-corrected chi connectivity index (χ2v) is 4.63. The van der Waals surface area contributed by atoms with Crippen molar-refractivity contribution in [3.8, 4) is 5.75 Å². The van der Waals surface area contributed by atoms with E-state index in [1.165, 1.54) is 0 Å². The van der Waals surface area contributed by atoms with E-state index in [0.29, 0.717) is 18.7 Å². The van der Waals surface area contributed by atoms with Crippen LogP contribution in [0.5, 0.6) is 5.75 Å². The molecule has 0 saturated heterocycles. The van der Waals surface area contributed by atoms with Gasteiger partial charge in [0.25, 0.3) is 0 Å². The lowest BCUT2D eigenvalue weighted by Gasteiger charge is -2.26. The van der Waals surface area contributed by atoms with Gasteiger partial charge in [-0.05, 0) is 32.9 Å². The number of phenols is 1. The number of aromatic hydroxyl groups is 1. The highest BCUT2D eigenvalue weighted by Crippen LogP contribution is 2.17. The van der Waals surface area contributed by atoms with Crippen LogP contribution in [-0.4, -0.2) is 35.0 Å². The van der Waals surface area contributed by atoms with Crippen molar-refractivity contribution in [2.75, 3.05) is 13.1 Å². The normalized spacial score (nSPS) is 10.7. The molecule has 0 atom stereocenters. The number of rotatable bonds is 6. The molecule has 0 unspecified atom stereocenters. The molecule has 4 nitrogen and oxygen atoms in total. The quantitative estimate of drug-likeness (QED) is 0.804. The molecule has 0 aliphatic heterocycles. The predicted molar refractivity (Wildman–Crippen MR) is 72.3 cm³/mol. The van der Waals surface area contributed by atoms with Crippen LogP contribution in [0.4, 0.5) is 0 Å². The van der Waals surface area contributed by atoms with Gasteiger partial charge >= 0.3 is 0 Å². The van der Waals surface area contributed by atoms with E-state index in [1.807, 2.05) is 19.9 Å². The number of hydrogen-bond donors (Lipinski definition) is 2. The van der Waals surface area contributed by atoms with Gasteiger partial charge in [0.05, 0.1) is 6.42 Å². The second-order valence-electron chi connectivity index (χ2n) is 4.63. The van der Waals surface area contributed by atoms with E-state index >= 15 is 0 Å². The average Bonchev–Trinajstić information content (AvgIpc) is 2.32. The SMILES string of the molecule is CC(C)N(CCCN)C(=O)Cc1ccccc1O. The molecule has 18 heavy (non-hydrogen) atoms. The first kappa shape index (κ1) is 14.5. The molecule has 0 bridgehead atoms. The third-order valence-corrected chi connectivity index (χ3v) is 2.88. The zero-order valence-corrected chi connectivity index (χ0v) is 11.1. The van der Waals surface area contributed by atoms with Gasteiger partial charge in [-0.2, -0.15) is 0 Å². The molecule has 1 rings (SSSR count). The topological polar surface area (TPSA) is 66.6 Å². The standard InChI is InChI=1S/C14H22N2O2/c1-11(2)16(9-5-8-15)14(18)10-12-6-3-4-7-13(12)17/h3-4,6-7,11,17H,5,8-10,15H2,1-2H3. The molecule has 0 radical (unpaired) electrons. The first-order valence-corrected chi connectivity index (χ1v) is 6.32. The Kier molecular flexibility index (Phi) is 5.65. The highest BCUT2D eigenvalue weighted by Gasteiger charge is 2.17. The van der Waals surface area contributed by atoms with Gasteiger partial charge in [-0.25, -0.2) is 0 Å². The summed E-state index contributed by atoms with van der Waals surface area (Å²) in [6, 6.07) is 7.09. The van der Waals surface area contributed by atoms with Crippen LogP contribution in [0.15, 0.2) is 24.3 Å². The molecule has 100 valence electrons. The second kappa shape index (κ2) is 7.01. The summed E-state index contributed by atoms with van der Waals surface area (Å²) >= 11 is 0. The van der Waals surface area contributed by atoms with Gasteiger partial charge in [0.15, 0.2) is 0 Å².